The van der Waals surface area contributed by atoms with Gasteiger partial charge in [-0.3, -0.25) is 9.59 Å². The summed E-state index contributed by atoms with van der Waals surface area (Å²) in [6, 6.07) is 7.81. The average molecular weight is 382 g/mol. The fraction of sp³-hybridized carbons (Fsp3) is 0.300. The van der Waals surface area contributed by atoms with Crippen LogP contribution >= 0.6 is 0 Å². The number of hydrogen-bond acceptors (Lipinski definition) is 2. The van der Waals surface area contributed by atoms with Crippen molar-refractivity contribution in [2.24, 2.45) is 28.2 Å². The molecule has 2 amide bonds. The molecule has 0 unspecified atom stereocenters. The Kier molecular flexibility index (Phi) is 5.58. The van der Waals surface area contributed by atoms with Crippen LogP contribution in [-0.2, 0) is 41.3 Å². The molecule has 0 radical (unpaired) electrons. The van der Waals surface area contributed by atoms with Gasteiger partial charge in [0, 0.05) is 13.1 Å². The standard InChI is InChI=1S/C20H24N6O2/c1-23-8-9-24(2)19(23)17(27)21-13-15-6-5-7-16(12-15)14-22-18(28)20-25(3)10-11-26(20)4/h5-12H,13-14H2,1-4H3/p+2. The highest BCUT2D eigenvalue weighted by Gasteiger charge is 2.21. The van der Waals surface area contributed by atoms with Gasteiger partial charge in [0.05, 0.1) is 28.2 Å². The second-order valence-electron chi connectivity index (χ2n) is 6.87. The molecule has 0 spiro atoms. The Bertz CT molecular complexity index is 901. The second-order valence-corrected chi connectivity index (χ2v) is 6.87. The lowest BCUT2D eigenvalue weighted by Crippen LogP contribution is -2.40. The van der Waals surface area contributed by atoms with Crippen LogP contribution in [-0.4, -0.2) is 20.9 Å². The van der Waals surface area contributed by atoms with Crippen molar-refractivity contribution in [1.29, 1.82) is 0 Å². The van der Waals surface area contributed by atoms with E-state index in [0.717, 1.165) is 11.1 Å². The number of benzene rings is 1. The monoisotopic (exact) mass is 382 g/mol. The van der Waals surface area contributed by atoms with Crippen LogP contribution in [0.1, 0.15) is 32.4 Å². The molecule has 0 fully saturated rings. The van der Waals surface area contributed by atoms with Gasteiger partial charge in [0.2, 0.25) is 0 Å². The van der Waals surface area contributed by atoms with Gasteiger partial charge < -0.3 is 10.6 Å². The summed E-state index contributed by atoms with van der Waals surface area (Å²) in [5.74, 6) is 0.896. The third-order valence-electron chi connectivity index (χ3n) is 4.67. The van der Waals surface area contributed by atoms with Crippen LogP contribution in [0.4, 0.5) is 0 Å². The molecule has 2 N–H and O–H groups in total. The van der Waals surface area contributed by atoms with Crippen LogP contribution in [0, 0.1) is 0 Å². The Hall–Kier alpha value is -3.42. The van der Waals surface area contributed by atoms with E-state index in [0.29, 0.717) is 24.7 Å². The van der Waals surface area contributed by atoms with E-state index in [4.69, 9.17) is 0 Å². The van der Waals surface area contributed by atoms with Crippen molar-refractivity contribution in [3.63, 3.8) is 0 Å². The third kappa shape index (κ3) is 4.11. The van der Waals surface area contributed by atoms with Gasteiger partial charge in [0.15, 0.2) is 0 Å². The number of nitrogens with one attached hydrogen (secondary N) is 2. The lowest BCUT2D eigenvalue weighted by molar-refractivity contribution is -0.673. The van der Waals surface area contributed by atoms with E-state index in [1.807, 2.05) is 77.2 Å². The maximum Gasteiger partial charge on any atom is 0.347 e. The molecule has 0 aliphatic rings. The summed E-state index contributed by atoms with van der Waals surface area (Å²) in [4.78, 5) is 24.8. The quantitative estimate of drug-likeness (QED) is 0.583. The minimum atomic E-state index is -0.134. The van der Waals surface area contributed by atoms with Gasteiger partial charge in [0.25, 0.3) is 0 Å². The highest BCUT2D eigenvalue weighted by molar-refractivity contribution is 5.89. The summed E-state index contributed by atoms with van der Waals surface area (Å²) in [5, 5.41) is 5.88. The van der Waals surface area contributed by atoms with Crippen LogP contribution in [0.5, 0.6) is 0 Å². The van der Waals surface area contributed by atoms with Gasteiger partial charge in [0.1, 0.15) is 24.8 Å². The lowest BCUT2D eigenvalue weighted by Gasteiger charge is -2.07. The summed E-state index contributed by atoms with van der Waals surface area (Å²) in [5.41, 5.74) is 1.95. The molecule has 2 aromatic heterocycles. The van der Waals surface area contributed by atoms with Crippen molar-refractivity contribution in [1.82, 2.24) is 19.8 Å². The number of carbonyl (C=O) groups excluding carboxylic acids is 2. The summed E-state index contributed by atoms with van der Waals surface area (Å²) in [6.45, 7) is 0.830. The number of hydrogen-bond donors (Lipinski definition) is 2. The first-order valence-corrected chi connectivity index (χ1v) is 9.03. The zero-order chi connectivity index (χ0) is 20.3. The van der Waals surface area contributed by atoms with E-state index in [9.17, 15) is 9.59 Å². The number of aryl methyl sites for hydroxylation is 4. The number of nitrogens with zero attached hydrogens (tertiary/aromatic N) is 4. The molecule has 0 aliphatic heterocycles. The van der Waals surface area contributed by atoms with Crippen LogP contribution in [0.15, 0.2) is 49.1 Å². The SMILES string of the molecule is Cn1cc[n+](C)c1C(=O)NCc1cccc(CNC(=O)c2n(C)cc[n+]2C)c1. The average Bonchev–Trinajstić information content (AvgIpc) is 3.19. The van der Waals surface area contributed by atoms with Crippen molar-refractivity contribution in [3.05, 3.63) is 71.8 Å². The molecule has 28 heavy (non-hydrogen) atoms. The fourth-order valence-electron chi connectivity index (χ4n) is 3.19. The van der Waals surface area contributed by atoms with E-state index in [2.05, 4.69) is 10.6 Å². The largest absolute Gasteiger partial charge is 0.347 e. The molecule has 8 nitrogen and oxygen atoms in total. The Morgan fingerprint density at radius 1 is 0.857 bits per heavy atom. The molecule has 146 valence electrons. The number of aromatic nitrogens is 4. The van der Waals surface area contributed by atoms with Crippen molar-refractivity contribution >= 4 is 11.8 Å². The molecule has 0 saturated heterocycles. The topological polar surface area (TPSA) is 75.8 Å². The zero-order valence-corrected chi connectivity index (χ0v) is 16.6. The van der Waals surface area contributed by atoms with Gasteiger partial charge >= 0.3 is 23.5 Å². The number of amides is 2. The highest BCUT2D eigenvalue weighted by Crippen LogP contribution is 2.06. The van der Waals surface area contributed by atoms with E-state index in [-0.39, 0.29) is 11.8 Å². The van der Waals surface area contributed by atoms with Crippen molar-refractivity contribution in [2.45, 2.75) is 13.1 Å². The molecule has 3 aromatic rings. The van der Waals surface area contributed by atoms with Crippen LogP contribution < -0.4 is 19.8 Å². The van der Waals surface area contributed by atoms with Gasteiger partial charge in [-0.05, 0) is 11.1 Å². The Morgan fingerprint density at radius 2 is 1.29 bits per heavy atom. The predicted octanol–water partition coefficient (Wildman–Crippen LogP) is -0.127. The van der Waals surface area contributed by atoms with E-state index < -0.39 is 0 Å². The van der Waals surface area contributed by atoms with E-state index in [1.54, 1.807) is 18.3 Å². The maximum absolute atomic E-state index is 12.4. The minimum Gasteiger partial charge on any atom is -0.341 e. The normalized spacial score (nSPS) is 10.7. The smallest absolute Gasteiger partial charge is 0.341 e. The lowest BCUT2D eigenvalue weighted by atomic mass is 10.1. The summed E-state index contributed by atoms with van der Waals surface area (Å²) in [7, 11) is 7.35. The minimum absolute atomic E-state index is 0.134. The fourth-order valence-corrected chi connectivity index (χ4v) is 3.19. The number of carbonyl (C=O) groups is 2. The Balaban J connectivity index is 1.60. The molecule has 0 saturated carbocycles. The van der Waals surface area contributed by atoms with Crippen LogP contribution in [0.3, 0.4) is 0 Å². The second kappa shape index (κ2) is 8.08. The van der Waals surface area contributed by atoms with Gasteiger partial charge in [-0.2, -0.15) is 0 Å². The first-order valence-electron chi connectivity index (χ1n) is 9.03. The third-order valence-corrected chi connectivity index (χ3v) is 4.67. The Morgan fingerprint density at radius 3 is 1.64 bits per heavy atom. The van der Waals surface area contributed by atoms with Crippen molar-refractivity contribution in [2.75, 3.05) is 0 Å². The molecular weight excluding hydrogens is 356 g/mol. The van der Waals surface area contributed by atoms with Gasteiger partial charge in [-0.15, -0.1) is 0 Å². The number of imidazole rings is 2. The molecule has 0 atom stereocenters. The first-order chi connectivity index (χ1) is 13.4. The molecule has 0 bridgehead atoms. The first kappa shape index (κ1) is 19.3. The number of rotatable bonds is 6. The Labute approximate surface area is 164 Å². The molecule has 3 rings (SSSR count). The highest BCUT2D eigenvalue weighted by atomic mass is 16.2. The molecule has 8 heteroatoms. The van der Waals surface area contributed by atoms with Crippen LogP contribution in [0.25, 0.3) is 0 Å². The van der Waals surface area contributed by atoms with Gasteiger partial charge in [-0.25, -0.2) is 18.3 Å². The van der Waals surface area contributed by atoms with Crippen molar-refractivity contribution in [3.8, 4) is 0 Å². The molecular formula is C20H26N6O2+2. The summed E-state index contributed by atoms with van der Waals surface area (Å²) in [6.07, 6.45) is 7.35. The zero-order valence-electron chi connectivity index (χ0n) is 16.6. The molecule has 1 aromatic carbocycles. The summed E-state index contributed by atoms with van der Waals surface area (Å²) < 4.78 is 7.13. The maximum atomic E-state index is 12.4. The van der Waals surface area contributed by atoms with E-state index >= 15 is 0 Å². The van der Waals surface area contributed by atoms with Crippen LogP contribution in [0.2, 0.25) is 0 Å². The molecule has 2 heterocycles. The van der Waals surface area contributed by atoms with Gasteiger partial charge in [-0.1, -0.05) is 24.3 Å². The predicted molar refractivity (Wildman–Crippen MR) is 102 cm³/mol. The molecule has 0 aliphatic carbocycles. The summed E-state index contributed by atoms with van der Waals surface area (Å²) >= 11 is 0. The van der Waals surface area contributed by atoms with E-state index in [1.165, 1.54) is 0 Å². The van der Waals surface area contributed by atoms with Crippen molar-refractivity contribution < 1.29 is 18.7 Å².